The average Bonchev–Trinajstić information content (AvgIpc) is 2.42. The fourth-order valence-corrected chi connectivity index (χ4v) is 1.95. The number of methoxy groups -OCH3 is 1. The lowest BCUT2D eigenvalue weighted by atomic mass is 10.1. The first-order valence-corrected chi connectivity index (χ1v) is 6.31. The summed E-state index contributed by atoms with van der Waals surface area (Å²) in [5.41, 5.74) is 2.41. The van der Waals surface area contributed by atoms with Crippen molar-refractivity contribution in [2.45, 2.75) is 13.3 Å². The molecule has 0 aliphatic heterocycles. The summed E-state index contributed by atoms with van der Waals surface area (Å²) >= 11 is 0. The van der Waals surface area contributed by atoms with Crippen molar-refractivity contribution in [3.8, 4) is 11.5 Å². The third-order valence-electron chi connectivity index (χ3n) is 2.98. The highest BCUT2D eigenvalue weighted by Gasteiger charge is 2.07. The Morgan fingerprint density at radius 1 is 1.25 bits per heavy atom. The minimum Gasteiger partial charge on any atom is -0.508 e. The maximum absolute atomic E-state index is 12.0. The Balaban J connectivity index is 2.05. The number of anilines is 1. The van der Waals surface area contributed by atoms with Gasteiger partial charge in [-0.15, -0.1) is 0 Å². The highest BCUT2D eigenvalue weighted by molar-refractivity contribution is 5.93. The molecule has 4 heteroatoms. The van der Waals surface area contributed by atoms with E-state index in [1.165, 1.54) is 0 Å². The molecule has 0 unspecified atom stereocenters. The van der Waals surface area contributed by atoms with Crippen LogP contribution >= 0.6 is 0 Å². The second-order valence-corrected chi connectivity index (χ2v) is 4.58. The number of aromatic hydroxyl groups is 1. The number of phenolic OH excluding ortho intramolecular Hbond substituents is 1. The summed E-state index contributed by atoms with van der Waals surface area (Å²) in [6.45, 7) is 1.83. The zero-order valence-corrected chi connectivity index (χ0v) is 11.5. The van der Waals surface area contributed by atoms with E-state index in [1.807, 2.05) is 31.2 Å². The van der Waals surface area contributed by atoms with Gasteiger partial charge in [0, 0.05) is 5.69 Å². The van der Waals surface area contributed by atoms with Gasteiger partial charge in [-0.3, -0.25) is 4.79 Å². The Bertz CT molecular complexity index is 623. The Labute approximate surface area is 118 Å². The Hall–Kier alpha value is -2.49. The van der Waals surface area contributed by atoms with Gasteiger partial charge in [-0.25, -0.2) is 0 Å². The van der Waals surface area contributed by atoms with E-state index in [0.717, 1.165) is 16.9 Å². The molecule has 2 aromatic carbocycles. The second-order valence-electron chi connectivity index (χ2n) is 4.58. The standard InChI is InChI=1S/C16H17NO3/c1-11-8-13(18)6-7-15(11)17-16(19)10-12-4-3-5-14(9-12)20-2/h3-9,18H,10H2,1-2H3,(H,17,19). The fourth-order valence-electron chi connectivity index (χ4n) is 1.95. The molecular weight excluding hydrogens is 254 g/mol. The summed E-state index contributed by atoms with van der Waals surface area (Å²) in [5.74, 6) is 0.816. The zero-order valence-electron chi connectivity index (χ0n) is 11.5. The average molecular weight is 271 g/mol. The molecule has 0 aromatic heterocycles. The van der Waals surface area contributed by atoms with Crippen LogP contribution in [0.15, 0.2) is 42.5 Å². The Morgan fingerprint density at radius 2 is 2.05 bits per heavy atom. The molecule has 4 nitrogen and oxygen atoms in total. The summed E-state index contributed by atoms with van der Waals surface area (Å²) in [6, 6.07) is 12.3. The van der Waals surface area contributed by atoms with E-state index in [2.05, 4.69) is 5.32 Å². The molecule has 0 bridgehead atoms. The number of nitrogens with one attached hydrogen (secondary N) is 1. The number of hydrogen-bond acceptors (Lipinski definition) is 3. The van der Waals surface area contributed by atoms with Gasteiger partial charge in [-0.05, 0) is 48.4 Å². The van der Waals surface area contributed by atoms with E-state index < -0.39 is 0 Å². The molecule has 20 heavy (non-hydrogen) atoms. The van der Waals surface area contributed by atoms with Crippen molar-refractivity contribution >= 4 is 11.6 Å². The topological polar surface area (TPSA) is 58.6 Å². The van der Waals surface area contributed by atoms with Crippen molar-refractivity contribution in [1.82, 2.24) is 0 Å². The van der Waals surface area contributed by atoms with E-state index >= 15 is 0 Å². The van der Waals surface area contributed by atoms with Gasteiger partial charge in [0.1, 0.15) is 11.5 Å². The molecule has 0 aliphatic carbocycles. The molecule has 0 radical (unpaired) electrons. The second kappa shape index (κ2) is 6.10. The van der Waals surface area contributed by atoms with Crippen LogP contribution in [-0.2, 0) is 11.2 Å². The lowest BCUT2D eigenvalue weighted by Gasteiger charge is -2.09. The largest absolute Gasteiger partial charge is 0.508 e. The molecule has 2 N–H and O–H groups in total. The Morgan fingerprint density at radius 3 is 2.75 bits per heavy atom. The molecule has 0 saturated carbocycles. The number of carbonyl (C=O) groups excluding carboxylic acids is 1. The lowest BCUT2D eigenvalue weighted by Crippen LogP contribution is -2.15. The molecule has 0 heterocycles. The molecule has 104 valence electrons. The van der Waals surface area contributed by atoms with Crippen molar-refractivity contribution in [1.29, 1.82) is 0 Å². The molecule has 2 aromatic rings. The number of benzene rings is 2. The quantitative estimate of drug-likeness (QED) is 0.841. The normalized spacial score (nSPS) is 10.1. The van der Waals surface area contributed by atoms with Gasteiger partial charge in [0.05, 0.1) is 13.5 Å². The van der Waals surface area contributed by atoms with Gasteiger partial charge in [-0.2, -0.15) is 0 Å². The van der Waals surface area contributed by atoms with Gasteiger partial charge in [-0.1, -0.05) is 12.1 Å². The monoisotopic (exact) mass is 271 g/mol. The highest BCUT2D eigenvalue weighted by Crippen LogP contribution is 2.20. The third kappa shape index (κ3) is 3.51. The number of phenols is 1. The summed E-state index contributed by atoms with van der Waals surface area (Å²) < 4.78 is 5.13. The molecule has 0 atom stereocenters. The number of aryl methyl sites for hydroxylation is 1. The lowest BCUT2D eigenvalue weighted by molar-refractivity contribution is -0.115. The van der Waals surface area contributed by atoms with Gasteiger partial charge in [0.2, 0.25) is 5.91 Å². The van der Waals surface area contributed by atoms with Crippen LogP contribution < -0.4 is 10.1 Å². The molecule has 0 fully saturated rings. The van der Waals surface area contributed by atoms with E-state index in [1.54, 1.807) is 25.3 Å². The fraction of sp³-hybridized carbons (Fsp3) is 0.188. The van der Waals surface area contributed by atoms with Crippen LogP contribution in [0.1, 0.15) is 11.1 Å². The SMILES string of the molecule is COc1cccc(CC(=O)Nc2ccc(O)cc2C)c1. The third-order valence-corrected chi connectivity index (χ3v) is 2.98. The number of ether oxygens (including phenoxy) is 1. The van der Waals surface area contributed by atoms with Crippen LogP contribution in [0.2, 0.25) is 0 Å². The molecule has 2 rings (SSSR count). The smallest absolute Gasteiger partial charge is 0.228 e. The summed E-state index contributed by atoms with van der Waals surface area (Å²) in [7, 11) is 1.60. The molecule has 0 spiro atoms. The molecule has 0 aliphatic rings. The van der Waals surface area contributed by atoms with E-state index in [9.17, 15) is 9.90 Å². The van der Waals surface area contributed by atoms with Crippen LogP contribution in [0.4, 0.5) is 5.69 Å². The molecule has 0 saturated heterocycles. The summed E-state index contributed by atoms with van der Waals surface area (Å²) in [5, 5.41) is 12.2. The van der Waals surface area contributed by atoms with Gasteiger partial charge in [0.15, 0.2) is 0 Å². The van der Waals surface area contributed by atoms with Crippen LogP contribution in [0, 0.1) is 6.92 Å². The van der Waals surface area contributed by atoms with Crippen molar-refractivity contribution in [3.63, 3.8) is 0 Å². The molecule has 1 amide bonds. The summed E-state index contributed by atoms with van der Waals surface area (Å²) in [4.78, 5) is 12.0. The van der Waals surface area contributed by atoms with Crippen LogP contribution in [0.5, 0.6) is 11.5 Å². The molecular formula is C16H17NO3. The van der Waals surface area contributed by atoms with Crippen molar-refractivity contribution in [3.05, 3.63) is 53.6 Å². The maximum atomic E-state index is 12.0. The Kier molecular flexibility index (Phi) is 4.25. The first-order valence-electron chi connectivity index (χ1n) is 6.31. The van der Waals surface area contributed by atoms with E-state index in [-0.39, 0.29) is 18.1 Å². The van der Waals surface area contributed by atoms with Gasteiger partial charge < -0.3 is 15.2 Å². The van der Waals surface area contributed by atoms with Crippen LogP contribution in [0.3, 0.4) is 0 Å². The van der Waals surface area contributed by atoms with Gasteiger partial charge >= 0.3 is 0 Å². The predicted molar refractivity (Wildman–Crippen MR) is 78.2 cm³/mol. The predicted octanol–water partition coefficient (Wildman–Crippen LogP) is 2.89. The number of amides is 1. The number of carbonyl (C=O) groups is 1. The zero-order chi connectivity index (χ0) is 14.5. The first kappa shape index (κ1) is 13.9. The summed E-state index contributed by atoms with van der Waals surface area (Å²) in [6.07, 6.45) is 0.275. The van der Waals surface area contributed by atoms with Crippen molar-refractivity contribution in [2.24, 2.45) is 0 Å². The minimum atomic E-state index is -0.105. The van der Waals surface area contributed by atoms with Gasteiger partial charge in [0.25, 0.3) is 0 Å². The van der Waals surface area contributed by atoms with Crippen molar-refractivity contribution in [2.75, 3.05) is 12.4 Å². The highest BCUT2D eigenvalue weighted by atomic mass is 16.5. The van der Waals surface area contributed by atoms with Crippen LogP contribution in [0.25, 0.3) is 0 Å². The van der Waals surface area contributed by atoms with Crippen LogP contribution in [-0.4, -0.2) is 18.1 Å². The number of hydrogen-bond donors (Lipinski definition) is 2. The minimum absolute atomic E-state index is 0.105. The van der Waals surface area contributed by atoms with E-state index in [0.29, 0.717) is 5.69 Å². The van der Waals surface area contributed by atoms with E-state index in [4.69, 9.17) is 4.74 Å². The first-order chi connectivity index (χ1) is 9.58. The van der Waals surface area contributed by atoms with Crippen molar-refractivity contribution < 1.29 is 14.6 Å². The number of rotatable bonds is 4. The maximum Gasteiger partial charge on any atom is 0.228 e.